The van der Waals surface area contributed by atoms with Crippen molar-refractivity contribution in [2.45, 2.75) is 26.8 Å². The lowest BCUT2D eigenvalue weighted by molar-refractivity contribution is 0.171. The summed E-state index contributed by atoms with van der Waals surface area (Å²) in [6, 6.07) is 6.68. The van der Waals surface area contributed by atoms with E-state index < -0.39 is 0 Å². The van der Waals surface area contributed by atoms with Crippen molar-refractivity contribution >= 4 is 11.8 Å². The summed E-state index contributed by atoms with van der Waals surface area (Å²) in [5, 5.41) is 3.56. The van der Waals surface area contributed by atoms with Gasteiger partial charge < -0.3 is 14.8 Å². The topological polar surface area (TPSA) is 30.5 Å². The summed E-state index contributed by atoms with van der Waals surface area (Å²) in [6.07, 6.45) is 0. The van der Waals surface area contributed by atoms with Gasteiger partial charge in [-0.05, 0) is 35.9 Å². The maximum absolute atomic E-state index is 5.68. The van der Waals surface area contributed by atoms with Gasteiger partial charge in [-0.1, -0.05) is 26.8 Å². The summed E-state index contributed by atoms with van der Waals surface area (Å²) >= 11 is 2.01. The third kappa shape index (κ3) is 4.32. The van der Waals surface area contributed by atoms with Crippen molar-refractivity contribution < 1.29 is 9.47 Å². The summed E-state index contributed by atoms with van der Waals surface area (Å²) in [6.45, 7) is 8.94. The molecule has 112 valence electrons. The Morgan fingerprint density at radius 2 is 1.90 bits per heavy atom. The van der Waals surface area contributed by atoms with Crippen LogP contribution in [0.5, 0.6) is 11.5 Å². The van der Waals surface area contributed by atoms with Crippen LogP contribution in [-0.4, -0.2) is 31.3 Å². The Kier molecular flexibility index (Phi) is 6.05. The minimum absolute atomic E-state index is 0.375. The molecular formula is C16H25NO2S. The van der Waals surface area contributed by atoms with Crippen LogP contribution >= 0.6 is 11.8 Å². The first-order valence-electron chi connectivity index (χ1n) is 7.41. The van der Waals surface area contributed by atoms with Crippen molar-refractivity contribution in [3.63, 3.8) is 0 Å². The zero-order valence-corrected chi connectivity index (χ0v) is 13.5. The van der Waals surface area contributed by atoms with E-state index in [2.05, 4.69) is 38.2 Å². The lowest BCUT2D eigenvalue weighted by Gasteiger charge is -2.23. The zero-order valence-electron chi connectivity index (χ0n) is 12.6. The summed E-state index contributed by atoms with van der Waals surface area (Å²) in [5.41, 5.74) is 1.28. The van der Waals surface area contributed by atoms with Crippen LogP contribution in [0.25, 0.3) is 0 Å². The predicted octanol–water partition coefficient (Wildman–Crippen LogP) is 3.50. The standard InChI is InChI=1S/C16H25NO2S/c1-4-17-14(11-20-10-12(2)3)13-5-6-15-16(9-13)19-8-7-18-15/h5-6,9,12,14,17H,4,7-8,10-11H2,1-3H3. The number of hydrogen-bond acceptors (Lipinski definition) is 4. The van der Waals surface area contributed by atoms with Gasteiger partial charge in [0.1, 0.15) is 13.2 Å². The highest BCUT2D eigenvalue weighted by atomic mass is 32.2. The molecule has 1 aliphatic heterocycles. The molecule has 0 saturated heterocycles. The van der Waals surface area contributed by atoms with E-state index in [9.17, 15) is 0 Å². The van der Waals surface area contributed by atoms with Crippen molar-refractivity contribution in [1.29, 1.82) is 0 Å². The molecule has 2 rings (SSSR count). The van der Waals surface area contributed by atoms with Crippen LogP contribution in [0.3, 0.4) is 0 Å². The Morgan fingerprint density at radius 3 is 2.60 bits per heavy atom. The first-order chi connectivity index (χ1) is 9.70. The van der Waals surface area contributed by atoms with Gasteiger partial charge in [-0.2, -0.15) is 11.8 Å². The van der Waals surface area contributed by atoms with E-state index in [0.717, 1.165) is 29.7 Å². The van der Waals surface area contributed by atoms with Gasteiger partial charge in [-0.25, -0.2) is 0 Å². The van der Waals surface area contributed by atoms with Gasteiger partial charge in [-0.15, -0.1) is 0 Å². The highest BCUT2D eigenvalue weighted by Gasteiger charge is 2.16. The lowest BCUT2D eigenvalue weighted by Crippen LogP contribution is -2.24. The fourth-order valence-electron chi connectivity index (χ4n) is 2.22. The Balaban J connectivity index is 2.04. The molecule has 1 N–H and O–H groups in total. The molecular weight excluding hydrogens is 270 g/mol. The number of thioether (sulfide) groups is 1. The fraction of sp³-hybridized carbons (Fsp3) is 0.625. The first kappa shape index (κ1) is 15.5. The molecule has 0 fully saturated rings. The van der Waals surface area contributed by atoms with E-state index in [1.165, 1.54) is 11.3 Å². The molecule has 1 unspecified atom stereocenters. The molecule has 0 spiro atoms. The molecule has 1 aromatic carbocycles. The van der Waals surface area contributed by atoms with Crippen molar-refractivity contribution in [3.05, 3.63) is 23.8 Å². The predicted molar refractivity (Wildman–Crippen MR) is 86.0 cm³/mol. The maximum Gasteiger partial charge on any atom is 0.161 e. The zero-order chi connectivity index (χ0) is 14.4. The summed E-state index contributed by atoms with van der Waals surface area (Å²) in [5.74, 6) is 4.77. The average molecular weight is 295 g/mol. The monoisotopic (exact) mass is 295 g/mol. The molecule has 0 aliphatic carbocycles. The fourth-order valence-corrected chi connectivity index (χ4v) is 3.37. The van der Waals surface area contributed by atoms with Crippen LogP contribution < -0.4 is 14.8 Å². The van der Waals surface area contributed by atoms with Crippen LogP contribution in [0.2, 0.25) is 0 Å². The number of benzene rings is 1. The van der Waals surface area contributed by atoms with Crippen LogP contribution in [0.1, 0.15) is 32.4 Å². The molecule has 1 aromatic rings. The number of rotatable bonds is 7. The van der Waals surface area contributed by atoms with E-state index in [0.29, 0.717) is 19.3 Å². The molecule has 1 heterocycles. The average Bonchev–Trinajstić information content (AvgIpc) is 2.45. The van der Waals surface area contributed by atoms with Crippen LogP contribution in [0.4, 0.5) is 0 Å². The van der Waals surface area contributed by atoms with Crippen molar-refractivity contribution in [1.82, 2.24) is 5.32 Å². The second kappa shape index (κ2) is 7.79. The van der Waals surface area contributed by atoms with Crippen LogP contribution in [0, 0.1) is 5.92 Å². The van der Waals surface area contributed by atoms with Gasteiger partial charge in [-0.3, -0.25) is 0 Å². The SMILES string of the molecule is CCNC(CSCC(C)C)c1ccc2c(c1)OCCO2. The normalized spacial score (nSPS) is 15.4. The minimum Gasteiger partial charge on any atom is -0.486 e. The molecule has 1 atom stereocenters. The smallest absolute Gasteiger partial charge is 0.161 e. The Labute approximate surface area is 126 Å². The third-order valence-corrected chi connectivity index (χ3v) is 4.63. The molecule has 0 aromatic heterocycles. The third-order valence-electron chi connectivity index (χ3n) is 3.15. The van der Waals surface area contributed by atoms with Crippen molar-refractivity contribution in [2.24, 2.45) is 5.92 Å². The highest BCUT2D eigenvalue weighted by Crippen LogP contribution is 2.33. The molecule has 3 nitrogen and oxygen atoms in total. The van der Waals surface area contributed by atoms with Gasteiger partial charge in [0.05, 0.1) is 0 Å². The van der Waals surface area contributed by atoms with E-state index >= 15 is 0 Å². The van der Waals surface area contributed by atoms with E-state index in [1.54, 1.807) is 0 Å². The molecule has 0 amide bonds. The Morgan fingerprint density at radius 1 is 1.15 bits per heavy atom. The van der Waals surface area contributed by atoms with E-state index in [4.69, 9.17) is 9.47 Å². The summed E-state index contributed by atoms with van der Waals surface area (Å²) in [4.78, 5) is 0. The molecule has 1 aliphatic rings. The van der Waals surface area contributed by atoms with Crippen LogP contribution in [0.15, 0.2) is 18.2 Å². The number of fused-ring (bicyclic) bond motifs is 1. The number of ether oxygens (including phenoxy) is 2. The summed E-state index contributed by atoms with van der Waals surface area (Å²) in [7, 11) is 0. The molecule has 20 heavy (non-hydrogen) atoms. The van der Waals surface area contributed by atoms with E-state index in [-0.39, 0.29) is 0 Å². The van der Waals surface area contributed by atoms with Gasteiger partial charge in [0.25, 0.3) is 0 Å². The van der Waals surface area contributed by atoms with Crippen molar-refractivity contribution in [3.8, 4) is 11.5 Å². The lowest BCUT2D eigenvalue weighted by atomic mass is 10.1. The molecule has 0 saturated carbocycles. The number of hydrogen-bond donors (Lipinski definition) is 1. The maximum atomic E-state index is 5.68. The Bertz CT molecular complexity index is 423. The molecule has 4 heteroatoms. The minimum atomic E-state index is 0.375. The largest absolute Gasteiger partial charge is 0.486 e. The Hall–Kier alpha value is -0.870. The van der Waals surface area contributed by atoms with Gasteiger partial charge in [0, 0.05) is 11.8 Å². The quantitative estimate of drug-likeness (QED) is 0.834. The van der Waals surface area contributed by atoms with Gasteiger partial charge >= 0.3 is 0 Å². The first-order valence-corrected chi connectivity index (χ1v) is 8.56. The molecule has 0 bridgehead atoms. The molecule has 0 radical (unpaired) electrons. The highest BCUT2D eigenvalue weighted by molar-refractivity contribution is 7.99. The second-order valence-corrected chi connectivity index (χ2v) is 6.52. The van der Waals surface area contributed by atoms with E-state index in [1.807, 2.05) is 17.8 Å². The van der Waals surface area contributed by atoms with Crippen molar-refractivity contribution in [2.75, 3.05) is 31.3 Å². The van der Waals surface area contributed by atoms with Crippen LogP contribution in [-0.2, 0) is 0 Å². The summed E-state index contributed by atoms with van der Waals surface area (Å²) < 4.78 is 11.3. The number of nitrogens with one attached hydrogen (secondary N) is 1. The second-order valence-electron chi connectivity index (χ2n) is 5.44. The van der Waals surface area contributed by atoms with Gasteiger partial charge in [0.2, 0.25) is 0 Å². The van der Waals surface area contributed by atoms with Gasteiger partial charge in [0.15, 0.2) is 11.5 Å².